The van der Waals surface area contributed by atoms with Crippen LogP contribution in [0.15, 0.2) is 40.9 Å². The molecule has 0 bridgehead atoms. The largest absolute Gasteiger partial charge is 0.330 e. The number of aromatic nitrogens is 2. The molecule has 0 unspecified atom stereocenters. The SMILES string of the molecule is N#Cc1ccc(-n2c(=S)[nH]c3ccc(Br)cc32)c(F)c1. The molecule has 6 heteroatoms. The van der Waals surface area contributed by atoms with E-state index in [1.54, 1.807) is 16.7 Å². The first-order valence-electron chi connectivity index (χ1n) is 5.70. The number of rotatable bonds is 1. The van der Waals surface area contributed by atoms with E-state index in [0.717, 1.165) is 15.5 Å². The first-order valence-corrected chi connectivity index (χ1v) is 6.90. The number of imidazole rings is 1. The van der Waals surface area contributed by atoms with Crippen molar-refractivity contribution in [1.82, 2.24) is 9.55 Å². The highest BCUT2D eigenvalue weighted by Gasteiger charge is 2.11. The molecule has 0 saturated carbocycles. The van der Waals surface area contributed by atoms with Crippen molar-refractivity contribution in [3.8, 4) is 11.8 Å². The van der Waals surface area contributed by atoms with Crippen LogP contribution in [0.3, 0.4) is 0 Å². The van der Waals surface area contributed by atoms with E-state index >= 15 is 0 Å². The lowest BCUT2D eigenvalue weighted by Gasteiger charge is -2.06. The van der Waals surface area contributed by atoms with E-state index in [0.29, 0.717) is 10.5 Å². The number of H-pyrrole nitrogens is 1. The lowest BCUT2D eigenvalue weighted by Crippen LogP contribution is -1.98. The van der Waals surface area contributed by atoms with E-state index in [2.05, 4.69) is 20.9 Å². The highest BCUT2D eigenvalue weighted by molar-refractivity contribution is 9.10. The number of hydrogen-bond acceptors (Lipinski definition) is 2. The van der Waals surface area contributed by atoms with Crippen LogP contribution in [0.4, 0.5) is 4.39 Å². The lowest BCUT2D eigenvalue weighted by molar-refractivity contribution is 0.618. The predicted octanol–water partition coefficient (Wildman–Crippen LogP) is 4.46. The van der Waals surface area contributed by atoms with Crippen LogP contribution in [0, 0.1) is 21.9 Å². The molecule has 0 atom stereocenters. The van der Waals surface area contributed by atoms with Crippen LogP contribution in [0.5, 0.6) is 0 Å². The normalized spacial score (nSPS) is 10.7. The van der Waals surface area contributed by atoms with Gasteiger partial charge in [0.05, 0.1) is 28.4 Å². The van der Waals surface area contributed by atoms with Crippen molar-refractivity contribution >= 4 is 39.2 Å². The zero-order chi connectivity index (χ0) is 14.3. The first kappa shape index (κ1) is 13.0. The summed E-state index contributed by atoms with van der Waals surface area (Å²) in [7, 11) is 0. The van der Waals surface area contributed by atoms with Gasteiger partial charge in [0.15, 0.2) is 4.77 Å². The maximum absolute atomic E-state index is 14.2. The van der Waals surface area contributed by atoms with Crippen molar-refractivity contribution in [1.29, 1.82) is 5.26 Å². The van der Waals surface area contributed by atoms with Gasteiger partial charge in [-0.05, 0) is 48.6 Å². The Hall–Kier alpha value is -1.97. The van der Waals surface area contributed by atoms with Crippen LogP contribution in [-0.2, 0) is 0 Å². The standard InChI is InChI=1S/C14H7BrFN3S/c15-9-2-3-11-13(6-9)19(14(20)18-11)12-4-1-8(7-17)5-10(12)16/h1-6H,(H,18,20). The van der Waals surface area contributed by atoms with Crippen molar-refractivity contribution < 1.29 is 4.39 Å². The second kappa shape index (κ2) is 4.85. The minimum Gasteiger partial charge on any atom is -0.330 e. The number of nitriles is 1. The molecule has 3 rings (SSSR count). The lowest BCUT2D eigenvalue weighted by atomic mass is 10.2. The third-order valence-electron chi connectivity index (χ3n) is 2.96. The zero-order valence-electron chi connectivity index (χ0n) is 10.0. The van der Waals surface area contributed by atoms with Gasteiger partial charge < -0.3 is 4.98 Å². The fourth-order valence-electron chi connectivity index (χ4n) is 2.07. The molecule has 0 aliphatic carbocycles. The molecule has 3 aromatic rings. The van der Waals surface area contributed by atoms with Gasteiger partial charge in [0.25, 0.3) is 0 Å². The molecule has 0 amide bonds. The van der Waals surface area contributed by atoms with E-state index in [1.807, 2.05) is 24.3 Å². The van der Waals surface area contributed by atoms with E-state index in [1.165, 1.54) is 6.07 Å². The van der Waals surface area contributed by atoms with E-state index in [-0.39, 0.29) is 5.56 Å². The van der Waals surface area contributed by atoms with E-state index < -0.39 is 5.82 Å². The summed E-state index contributed by atoms with van der Waals surface area (Å²) in [4.78, 5) is 3.03. The Morgan fingerprint density at radius 2 is 2.05 bits per heavy atom. The summed E-state index contributed by atoms with van der Waals surface area (Å²) < 4.78 is 17.1. The number of benzene rings is 2. The molecule has 3 nitrogen and oxygen atoms in total. The number of nitrogens with zero attached hydrogens (tertiary/aromatic N) is 2. The molecule has 0 aliphatic rings. The summed E-state index contributed by atoms with van der Waals surface area (Å²) in [6.07, 6.45) is 0. The molecule has 1 aromatic heterocycles. The molecule has 2 aromatic carbocycles. The van der Waals surface area contributed by atoms with Crippen molar-refractivity contribution in [2.45, 2.75) is 0 Å². The number of nitrogens with one attached hydrogen (secondary N) is 1. The fourth-order valence-corrected chi connectivity index (χ4v) is 2.73. The molecule has 20 heavy (non-hydrogen) atoms. The van der Waals surface area contributed by atoms with Crippen LogP contribution in [0.2, 0.25) is 0 Å². The van der Waals surface area contributed by atoms with Gasteiger partial charge in [-0.2, -0.15) is 5.26 Å². The molecule has 98 valence electrons. The average Bonchev–Trinajstić information content (AvgIpc) is 2.74. The summed E-state index contributed by atoms with van der Waals surface area (Å²) >= 11 is 8.65. The Morgan fingerprint density at radius 1 is 1.25 bits per heavy atom. The van der Waals surface area contributed by atoms with E-state index in [4.69, 9.17) is 17.5 Å². The molecule has 0 aliphatic heterocycles. The average molecular weight is 348 g/mol. The number of hydrogen-bond donors (Lipinski definition) is 1. The fraction of sp³-hybridized carbons (Fsp3) is 0. The second-order valence-electron chi connectivity index (χ2n) is 4.21. The first-order chi connectivity index (χ1) is 9.60. The number of fused-ring (bicyclic) bond motifs is 1. The van der Waals surface area contributed by atoms with Crippen LogP contribution in [-0.4, -0.2) is 9.55 Å². The summed E-state index contributed by atoms with van der Waals surface area (Å²) in [5, 5.41) is 8.79. The number of halogens is 2. The minimum atomic E-state index is -0.485. The third kappa shape index (κ3) is 2.05. The molecule has 0 fully saturated rings. The van der Waals surface area contributed by atoms with E-state index in [9.17, 15) is 4.39 Å². The Kier molecular flexibility index (Phi) is 3.16. The summed E-state index contributed by atoms with van der Waals surface area (Å²) in [6, 6.07) is 11.8. The highest BCUT2D eigenvalue weighted by atomic mass is 79.9. The van der Waals surface area contributed by atoms with Crippen molar-refractivity contribution in [2.75, 3.05) is 0 Å². The van der Waals surface area contributed by atoms with Gasteiger partial charge >= 0.3 is 0 Å². The molecule has 0 radical (unpaired) electrons. The van der Waals surface area contributed by atoms with Gasteiger partial charge in [-0.1, -0.05) is 15.9 Å². The smallest absolute Gasteiger partial charge is 0.182 e. The van der Waals surface area contributed by atoms with Gasteiger partial charge in [-0.3, -0.25) is 4.57 Å². The predicted molar refractivity (Wildman–Crippen MR) is 80.8 cm³/mol. The van der Waals surface area contributed by atoms with Crippen LogP contribution >= 0.6 is 28.1 Å². The van der Waals surface area contributed by atoms with Gasteiger partial charge in [0.1, 0.15) is 5.82 Å². The Morgan fingerprint density at radius 3 is 2.75 bits per heavy atom. The third-order valence-corrected chi connectivity index (χ3v) is 3.74. The Balaban J connectivity index is 2.35. The van der Waals surface area contributed by atoms with Crippen LogP contribution < -0.4 is 0 Å². The molecular weight excluding hydrogens is 341 g/mol. The van der Waals surface area contributed by atoms with Gasteiger partial charge in [-0.15, -0.1) is 0 Å². The zero-order valence-corrected chi connectivity index (χ0v) is 12.4. The molecular formula is C14H7BrFN3S. The van der Waals surface area contributed by atoms with Crippen molar-refractivity contribution in [3.63, 3.8) is 0 Å². The quantitative estimate of drug-likeness (QED) is 0.660. The minimum absolute atomic E-state index is 0.277. The van der Waals surface area contributed by atoms with Gasteiger partial charge in [0, 0.05) is 4.47 Å². The monoisotopic (exact) mass is 347 g/mol. The summed E-state index contributed by atoms with van der Waals surface area (Å²) in [5.74, 6) is -0.485. The van der Waals surface area contributed by atoms with Crippen LogP contribution in [0.1, 0.15) is 5.56 Å². The highest BCUT2D eigenvalue weighted by Crippen LogP contribution is 2.25. The van der Waals surface area contributed by atoms with Crippen molar-refractivity contribution in [2.24, 2.45) is 0 Å². The molecule has 0 saturated heterocycles. The maximum Gasteiger partial charge on any atom is 0.182 e. The number of aromatic amines is 1. The molecule has 1 heterocycles. The Labute approximate surface area is 127 Å². The summed E-state index contributed by atoms with van der Waals surface area (Å²) in [6.45, 7) is 0. The molecule has 1 N–H and O–H groups in total. The summed E-state index contributed by atoms with van der Waals surface area (Å²) in [5.41, 5.74) is 2.19. The second-order valence-corrected chi connectivity index (χ2v) is 5.51. The maximum atomic E-state index is 14.2. The van der Waals surface area contributed by atoms with Crippen molar-refractivity contribution in [3.05, 3.63) is 57.0 Å². The topological polar surface area (TPSA) is 44.5 Å². The van der Waals surface area contributed by atoms with Gasteiger partial charge in [0.2, 0.25) is 0 Å². The van der Waals surface area contributed by atoms with Gasteiger partial charge in [-0.25, -0.2) is 4.39 Å². The van der Waals surface area contributed by atoms with Crippen LogP contribution in [0.25, 0.3) is 16.7 Å². The Bertz CT molecular complexity index is 920. The molecule has 0 spiro atoms.